The first kappa shape index (κ1) is 14.8. The Morgan fingerprint density at radius 3 is 2.36 bits per heavy atom. The molecular formula is C17H16O4S. The molecule has 22 heavy (non-hydrogen) atoms. The van der Waals surface area contributed by atoms with E-state index in [-0.39, 0.29) is 5.75 Å². The quantitative estimate of drug-likeness (QED) is 0.645. The number of benzene rings is 2. The van der Waals surface area contributed by atoms with E-state index < -0.39 is 27.0 Å². The topological polar surface area (TPSA) is 60.4 Å². The summed E-state index contributed by atoms with van der Waals surface area (Å²) in [5, 5.41) is -1.16. The van der Waals surface area contributed by atoms with Crippen molar-refractivity contribution in [3.8, 4) is 5.75 Å². The average molecular weight is 316 g/mol. The molecule has 4 nitrogen and oxygen atoms in total. The van der Waals surface area contributed by atoms with Crippen LogP contribution >= 0.6 is 0 Å². The van der Waals surface area contributed by atoms with E-state index >= 15 is 0 Å². The van der Waals surface area contributed by atoms with E-state index in [9.17, 15) is 13.2 Å². The monoisotopic (exact) mass is 316 g/mol. The molecule has 0 aromatic heterocycles. The first-order valence-electron chi connectivity index (χ1n) is 7.05. The van der Waals surface area contributed by atoms with Crippen molar-refractivity contribution in [2.45, 2.75) is 23.8 Å². The highest BCUT2D eigenvalue weighted by atomic mass is 32.2. The van der Waals surface area contributed by atoms with Crippen LogP contribution in [0.2, 0.25) is 0 Å². The molecule has 2 unspecified atom stereocenters. The lowest BCUT2D eigenvalue weighted by Gasteiger charge is -2.29. The third kappa shape index (κ3) is 2.64. The van der Waals surface area contributed by atoms with Crippen LogP contribution in [0.5, 0.6) is 5.75 Å². The normalized spacial score (nSPS) is 21.0. The standard InChI is InChI=1S/C17H16O4S/c1-12-14-9-5-6-10-15(14)21-17(18)16(12)22(19,20)11-13-7-3-2-4-8-13/h2-10,12,16H,11H2,1H3. The van der Waals surface area contributed by atoms with Gasteiger partial charge in [-0.15, -0.1) is 0 Å². The van der Waals surface area contributed by atoms with E-state index in [1.54, 1.807) is 49.4 Å². The van der Waals surface area contributed by atoms with Crippen LogP contribution in [0.3, 0.4) is 0 Å². The number of fused-ring (bicyclic) bond motifs is 1. The summed E-state index contributed by atoms with van der Waals surface area (Å²) in [5.74, 6) is -0.834. The summed E-state index contributed by atoms with van der Waals surface area (Å²) in [5.41, 5.74) is 1.42. The van der Waals surface area contributed by atoms with Gasteiger partial charge in [0.05, 0.1) is 5.75 Å². The molecule has 3 rings (SSSR count). The molecule has 0 saturated carbocycles. The number of sulfone groups is 1. The van der Waals surface area contributed by atoms with Gasteiger partial charge in [-0.2, -0.15) is 0 Å². The summed E-state index contributed by atoms with van der Waals surface area (Å²) in [6.45, 7) is 1.76. The smallest absolute Gasteiger partial charge is 0.330 e. The molecule has 5 heteroatoms. The number of esters is 1. The van der Waals surface area contributed by atoms with Crippen LogP contribution < -0.4 is 4.74 Å². The number of carbonyl (C=O) groups is 1. The number of hydrogen-bond donors (Lipinski definition) is 0. The second-order valence-electron chi connectivity index (χ2n) is 5.46. The van der Waals surface area contributed by atoms with Crippen molar-refractivity contribution in [1.82, 2.24) is 0 Å². The maximum Gasteiger partial charge on any atom is 0.330 e. The van der Waals surface area contributed by atoms with E-state index in [0.29, 0.717) is 11.3 Å². The van der Waals surface area contributed by atoms with Crippen molar-refractivity contribution < 1.29 is 17.9 Å². The fourth-order valence-corrected chi connectivity index (χ4v) is 4.78. The van der Waals surface area contributed by atoms with E-state index in [4.69, 9.17) is 4.74 Å². The Labute approximate surface area is 129 Å². The van der Waals surface area contributed by atoms with E-state index in [0.717, 1.165) is 5.56 Å². The predicted molar refractivity (Wildman–Crippen MR) is 83.3 cm³/mol. The van der Waals surface area contributed by atoms with Crippen molar-refractivity contribution in [3.05, 3.63) is 65.7 Å². The first-order valence-corrected chi connectivity index (χ1v) is 8.77. The lowest BCUT2D eigenvalue weighted by molar-refractivity contribution is -0.135. The molecule has 0 bridgehead atoms. The molecule has 0 amide bonds. The summed E-state index contributed by atoms with van der Waals surface area (Å²) >= 11 is 0. The Morgan fingerprint density at radius 2 is 1.64 bits per heavy atom. The van der Waals surface area contributed by atoms with Crippen LogP contribution in [0.15, 0.2) is 54.6 Å². The Hall–Kier alpha value is -2.14. The molecule has 0 spiro atoms. The zero-order valence-electron chi connectivity index (χ0n) is 12.1. The van der Waals surface area contributed by atoms with Gasteiger partial charge in [0.25, 0.3) is 0 Å². The zero-order valence-corrected chi connectivity index (χ0v) is 12.9. The lowest BCUT2D eigenvalue weighted by atomic mass is 9.94. The van der Waals surface area contributed by atoms with Gasteiger partial charge in [0.2, 0.25) is 0 Å². The highest BCUT2D eigenvalue weighted by Crippen LogP contribution is 2.37. The number of hydrogen-bond acceptors (Lipinski definition) is 4. The van der Waals surface area contributed by atoms with Crippen LogP contribution in [-0.2, 0) is 20.4 Å². The Kier molecular flexibility index (Phi) is 3.74. The van der Waals surface area contributed by atoms with Crippen LogP contribution in [0.4, 0.5) is 0 Å². The third-order valence-corrected chi connectivity index (χ3v) is 6.01. The van der Waals surface area contributed by atoms with Crippen molar-refractivity contribution >= 4 is 15.8 Å². The average Bonchev–Trinajstić information content (AvgIpc) is 2.47. The van der Waals surface area contributed by atoms with Gasteiger partial charge in [-0.1, -0.05) is 55.5 Å². The molecule has 1 aliphatic heterocycles. The molecule has 0 aliphatic carbocycles. The van der Waals surface area contributed by atoms with Gasteiger partial charge in [0.15, 0.2) is 15.1 Å². The van der Waals surface area contributed by atoms with Crippen LogP contribution in [0.1, 0.15) is 24.0 Å². The molecule has 114 valence electrons. The van der Waals surface area contributed by atoms with Crippen molar-refractivity contribution in [2.24, 2.45) is 0 Å². The second kappa shape index (κ2) is 5.57. The number of ether oxygens (including phenoxy) is 1. The Balaban J connectivity index is 1.95. The molecule has 0 fully saturated rings. The molecule has 2 aromatic rings. The van der Waals surface area contributed by atoms with Crippen molar-refractivity contribution in [2.75, 3.05) is 0 Å². The lowest BCUT2D eigenvalue weighted by Crippen LogP contribution is -2.41. The van der Waals surface area contributed by atoms with E-state index in [2.05, 4.69) is 0 Å². The first-order chi connectivity index (χ1) is 10.5. The second-order valence-corrected chi connectivity index (χ2v) is 7.58. The van der Waals surface area contributed by atoms with Crippen LogP contribution in [0.25, 0.3) is 0 Å². The number of carbonyl (C=O) groups excluding carboxylic acids is 1. The molecule has 0 N–H and O–H groups in total. The van der Waals surface area contributed by atoms with Crippen LogP contribution in [0, 0.1) is 0 Å². The Bertz CT molecular complexity index is 796. The summed E-state index contributed by atoms with van der Waals surface area (Å²) in [7, 11) is -3.65. The fourth-order valence-electron chi connectivity index (χ4n) is 2.84. The van der Waals surface area contributed by atoms with E-state index in [1.165, 1.54) is 0 Å². The van der Waals surface area contributed by atoms with Crippen molar-refractivity contribution in [1.29, 1.82) is 0 Å². The maximum absolute atomic E-state index is 12.7. The molecule has 0 saturated heterocycles. The highest BCUT2D eigenvalue weighted by molar-refractivity contribution is 7.92. The fraction of sp³-hybridized carbons (Fsp3) is 0.235. The largest absolute Gasteiger partial charge is 0.425 e. The Morgan fingerprint density at radius 1 is 1.00 bits per heavy atom. The maximum atomic E-state index is 12.7. The van der Waals surface area contributed by atoms with Gasteiger partial charge < -0.3 is 4.74 Å². The molecule has 2 atom stereocenters. The SMILES string of the molecule is CC1c2ccccc2OC(=O)C1S(=O)(=O)Cc1ccccc1. The van der Waals surface area contributed by atoms with E-state index in [1.807, 2.05) is 12.1 Å². The van der Waals surface area contributed by atoms with Gasteiger partial charge in [0.1, 0.15) is 5.75 Å². The number of para-hydroxylation sites is 1. The summed E-state index contributed by atoms with van der Waals surface area (Å²) in [6, 6.07) is 15.9. The van der Waals surface area contributed by atoms with Gasteiger partial charge in [-0.25, -0.2) is 8.42 Å². The van der Waals surface area contributed by atoms with Gasteiger partial charge >= 0.3 is 5.97 Å². The molecular weight excluding hydrogens is 300 g/mol. The molecule has 2 aromatic carbocycles. The minimum absolute atomic E-state index is 0.167. The number of rotatable bonds is 3. The van der Waals surface area contributed by atoms with Crippen molar-refractivity contribution in [3.63, 3.8) is 0 Å². The third-order valence-electron chi connectivity index (χ3n) is 3.90. The summed E-state index contributed by atoms with van der Waals surface area (Å²) in [6.07, 6.45) is 0. The predicted octanol–water partition coefficient (Wildman–Crippen LogP) is 2.69. The molecule has 1 aliphatic rings. The molecule has 1 heterocycles. The summed E-state index contributed by atoms with van der Waals surface area (Å²) < 4.78 is 30.6. The minimum Gasteiger partial charge on any atom is -0.425 e. The molecule has 0 radical (unpaired) electrons. The van der Waals surface area contributed by atoms with Gasteiger partial charge in [-0.05, 0) is 17.2 Å². The zero-order chi connectivity index (χ0) is 15.7. The van der Waals surface area contributed by atoms with Gasteiger partial charge in [0, 0.05) is 5.92 Å². The minimum atomic E-state index is -3.65. The highest BCUT2D eigenvalue weighted by Gasteiger charge is 2.43. The van der Waals surface area contributed by atoms with Gasteiger partial charge in [-0.3, -0.25) is 4.79 Å². The van der Waals surface area contributed by atoms with Crippen LogP contribution in [-0.4, -0.2) is 19.6 Å². The summed E-state index contributed by atoms with van der Waals surface area (Å²) in [4.78, 5) is 12.2.